The fourth-order valence-corrected chi connectivity index (χ4v) is 2.42. The summed E-state index contributed by atoms with van der Waals surface area (Å²) in [6.07, 6.45) is 0. The minimum Gasteiger partial charge on any atom is -0.379 e. The Morgan fingerprint density at radius 2 is 2.21 bits per heavy atom. The third kappa shape index (κ3) is 3.22. The van der Waals surface area contributed by atoms with Gasteiger partial charge in [-0.2, -0.15) is 5.26 Å². The van der Waals surface area contributed by atoms with Crippen molar-refractivity contribution in [3.05, 3.63) is 55.9 Å². The number of rotatable bonds is 4. The van der Waals surface area contributed by atoms with Crippen molar-refractivity contribution in [3.8, 4) is 6.07 Å². The van der Waals surface area contributed by atoms with Gasteiger partial charge in [0.2, 0.25) is 0 Å². The van der Waals surface area contributed by atoms with Crippen molar-refractivity contribution >= 4 is 33.6 Å². The summed E-state index contributed by atoms with van der Waals surface area (Å²) in [6.45, 7) is 0.424. The third-order valence-corrected chi connectivity index (χ3v) is 3.74. The lowest BCUT2D eigenvalue weighted by Gasteiger charge is -2.07. The summed E-state index contributed by atoms with van der Waals surface area (Å²) in [6, 6.07) is 10.1. The zero-order chi connectivity index (χ0) is 13.8. The molecule has 0 bridgehead atoms. The molecule has 96 valence electrons. The predicted molar refractivity (Wildman–Crippen MR) is 74.5 cm³/mol. The van der Waals surface area contributed by atoms with E-state index in [9.17, 15) is 10.1 Å². The van der Waals surface area contributed by atoms with Gasteiger partial charge in [0.15, 0.2) is 0 Å². The molecule has 1 heterocycles. The Kier molecular flexibility index (Phi) is 4.00. The topological polar surface area (TPSA) is 79.0 Å². The van der Waals surface area contributed by atoms with E-state index in [0.29, 0.717) is 22.8 Å². The molecule has 0 aliphatic rings. The first-order chi connectivity index (χ1) is 9.10. The number of hydrogen-bond acceptors (Lipinski definition) is 5. The largest absolute Gasteiger partial charge is 0.379 e. The number of halogens is 1. The molecular weight excluding hydrogens is 286 g/mol. The molecule has 1 aromatic heterocycles. The highest BCUT2D eigenvalue weighted by atomic mass is 35.5. The maximum atomic E-state index is 10.6. The van der Waals surface area contributed by atoms with Crippen LogP contribution < -0.4 is 5.32 Å². The number of nitriles is 1. The average molecular weight is 294 g/mol. The number of nitro groups is 1. The smallest absolute Gasteiger partial charge is 0.324 e. The van der Waals surface area contributed by atoms with E-state index in [1.807, 2.05) is 6.07 Å². The Balaban J connectivity index is 2.09. The van der Waals surface area contributed by atoms with Crippen LogP contribution in [0.1, 0.15) is 10.4 Å². The highest BCUT2D eigenvalue weighted by molar-refractivity contribution is 7.15. The van der Waals surface area contributed by atoms with Crippen LogP contribution >= 0.6 is 22.9 Å². The van der Waals surface area contributed by atoms with Crippen molar-refractivity contribution in [2.75, 3.05) is 5.32 Å². The molecule has 0 aliphatic carbocycles. The van der Waals surface area contributed by atoms with Crippen LogP contribution in [-0.2, 0) is 6.54 Å². The molecule has 19 heavy (non-hydrogen) atoms. The van der Waals surface area contributed by atoms with E-state index in [2.05, 4.69) is 5.32 Å². The molecule has 0 fully saturated rings. The average Bonchev–Trinajstić information content (AvgIpc) is 2.87. The van der Waals surface area contributed by atoms with Crippen LogP contribution in [0.15, 0.2) is 30.3 Å². The van der Waals surface area contributed by atoms with Gasteiger partial charge in [-0.15, -0.1) is 0 Å². The molecule has 7 heteroatoms. The summed E-state index contributed by atoms with van der Waals surface area (Å²) in [7, 11) is 0. The molecule has 2 aromatic rings. The van der Waals surface area contributed by atoms with Gasteiger partial charge >= 0.3 is 5.00 Å². The summed E-state index contributed by atoms with van der Waals surface area (Å²) in [4.78, 5) is 11.0. The Bertz CT molecular complexity index is 663. The first kappa shape index (κ1) is 13.3. The van der Waals surface area contributed by atoms with Crippen molar-refractivity contribution < 1.29 is 4.92 Å². The molecular formula is C12H8ClN3O2S. The van der Waals surface area contributed by atoms with Crippen molar-refractivity contribution in [2.24, 2.45) is 0 Å². The first-order valence-corrected chi connectivity index (χ1v) is 6.46. The summed E-state index contributed by atoms with van der Waals surface area (Å²) >= 11 is 7.10. The fourth-order valence-electron chi connectivity index (χ4n) is 1.47. The van der Waals surface area contributed by atoms with Gasteiger partial charge in [0, 0.05) is 17.5 Å². The lowest BCUT2D eigenvalue weighted by molar-refractivity contribution is -0.380. The SMILES string of the molecule is N#Cc1ccc(Cl)c(NCc2ccc([N+](=O)[O-])s2)c1. The van der Waals surface area contributed by atoms with E-state index in [1.165, 1.54) is 6.07 Å². The normalized spacial score (nSPS) is 9.89. The number of nitrogens with zero attached hydrogens (tertiary/aromatic N) is 2. The lowest BCUT2D eigenvalue weighted by atomic mass is 10.2. The molecule has 0 atom stereocenters. The standard InChI is InChI=1S/C12H8ClN3O2S/c13-10-3-1-8(6-14)5-11(10)15-7-9-2-4-12(19-9)16(17)18/h1-5,15H,7H2. The van der Waals surface area contributed by atoms with Crippen molar-refractivity contribution in [3.63, 3.8) is 0 Å². The molecule has 0 saturated carbocycles. The minimum atomic E-state index is -0.419. The molecule has 0 radical (unpaired) electrons. The predicted octanol–water partition coefficient (Wildman–Crippen LogP) is 3.79. The Labute approximate surface area is 118 Å². The number of hydrogen-bond donors (Lipinski definition) is 1. The molecule has 1 N–H and O–H groups in total. The van der Waals surface area contributed by atoms with Crippen LogP contribution in [-0.4, -0.2) is 4.92 Å². The maximum Gasteiger partial charge on any atom is 0.324 e. The molecule has 1 aromatic carbocycles. The van der Waals surface area contributed by atoms with Gasteiger partial charge in [-0.05, 0) is 24.3 Å². The summed E-state index contributed by atoms with van der Waals surface area (Å²) in [5, 5.41) is 23.0. The zero-order valence-electron chi connectivity index (χ0n) is 9.59. The van der Waals surface area contributed by atoms with Gasteiger partial charge in [0.05, 0.1) is 27.3 Å². The Hall–Kier alpha value is -2.10. The van der Waals surface area contributed by atoms with Crippen LogP contribution in [0.25, 0.3) is 0 Å². The molecule has 0 aliphatic heterocycles. The lowest BCUT2D eigenvalue weighted by Crippen LogP contribution is -1.98. The Morgan fingerprint density at radius 3 is 2.84 bits per heavy atom. The van der Waals surface area contributed by atoms with Crippen molar-refractivity contribution in [1.82, 2.24) is 0 Å². The Morgan fingerprint density at radius 1 is 1.42 bits per heavy atom. The van der Waals surface area contributed by atoms with E-state index in [-0.39, 0.29) is 5.00 Å². The number of thiophene rings is 1. The molecule has 0 unspecified atom stereocenters. The zero-order valence-corrected chi connectivity index (χ0v) is 11.2. The van der Waals surface area contributed by atoms with Gasteiger partial charge in [-0.1, -0.05) is 22.9 Å². The molecule has 0 amide bonds. The summed E-state index contributed by atoms with van der Waals surface area (Å²) in [5.74, 6) is 0. The third-order valence-electron chi connectivity index (χ3n) is 2.38. The monoisotopic (exact) mass is 293 g/mol. The van der Waals surface area contributed by atoms with Gasteiger partial charge in [-0.3, -0.25) is 10.1 Å². The van der Waals surface area contributed by atoms with Crippen LogP contribution in [0.2, 0.25) is 5.02 Å². The van der Waals surface area contributed by atoms with Crippen LogP contribution in [0.5, 0.6) is 0 Å². The quantitative estimate of drug-likeness (QED) is 0.687. The highest BCUT2D eigenvalue weighted by Gasteiger charge is 2.10. The van der Waals surface area contributed by atoms with E-state index >= 15 is 0 Å². The van der Waals surface area contributed by atoms with Gasteiger partial charge in [0.25, 0.3) is 0 Å². The number of nitrogens with one attached hydrogen (secondary N) is 1. The summed E-state index contributed by atoms with van der Waals surface area (Å²) in [5.41, 5.74) is 1.14. The van der Waals surface area contributed by atoms with Gasteiger partial charge in [-0.25, -0.2) is 0 Å². The van der Waals surface area contributed by atoms with Crippen molar-refractivity contribution in [2.45, 2.75) is 6.54 Å². The molecule has 0 spiro atoms. The second kappa shape index (κ2) is 5.69. The number of anilines is 1. The van der Waals surface area contributed by atoms with E-state index in [4.69, 9.17) is 16.9 Å². The second-order valence-electron chi connectivity index (χ2n) is 3.66. The maximum absolute atomic E-state index is 10.6. The molecule has 5 nitrogen and oxygen atoms in total. The highest BCUT2D eigenvalue weighted by Crippen LogP contribution is 2.27. The van der Waals surface area contributed by atoms with Gasteiger partial charge in [0.1, 0.15) is 0 Å². The van der Waals surface area contributed by atoms with Crippen molar-refractivity contribution in [1.29, 1.82) is 5.26 Å². The van der Waals surface area contributed by atoms with E-state index < -0.39 is 4.92 Å². The van der Waals surface area contributed by atoms with Crippen LogP contribution in [0, 0.1) is 21.4 Å². The van der Waals surface area contributed by atoms with Crippen LogP contribution in [0.4, 0.5) is 10.7 Å². The van der Waals surface area contributed by atoms with Crippen LogP contribution in [0.3, 0.4) is 0 Å². The van der Waals surface area contributed by atoms with E-state index in [1.54, 1.807) is 24.3 Å². The van der Waals surface area contributed by atoms with Gasteiger partial charge < -0.3 is 5.32 Å². The fraction of sp³-hybridized carbons (Fsp3) is 0.0833. The molecule has 2 rings (SSSR count). The van der Waals surface area contributed by atoms with E-state index in [0.717, 1.165) is 16.2 Å². The first-order valence-electron chi connectivity index (χ1n) is 5.27. The second-order valence-corrected chi connectivity index (χ2v) is 5.21. The summed E-state index contributed by atoms with van der Waals surface area (Å²) < 4.78 is 0. The number of benzene rings is 1. The minimum absolute atomic E-state index is 0.105. The molecule has 0 saturated heterocycles.